The minimum atomic E-state index is -0.679. The first-order valence-electron chi connectivity index (χ1n) is 31.3. The van der Waals surface area contributed by atoms with Crippen molar-refractivity contribution in [3.05, 3.63) is 243 Å². The van der Waals surface area contributed by atoms with Gasteiger partial charge in [0.2, 0.25) is 0 Å². The van der Waals surface area contributed by atoms with Crippen molar-refractivity contribution in [1.82, 2.24) is 0 Å². The number of ether oxygens (including phenoxy) is 5. The van der Waals surface area contributed by atoms with Crippen LogP contribution in [0.2, 0.25) is 25.1 Å². The van der Waals surface area contributed by atoms with Gasteiger partial charge in [0, 0.05) is 51.3 Å². The van der Waals surface area contributed by atoms with Gasteiger partial charge in [-0.05, 0) is 201 Å². The monoisotopic (exact) mass is 1410 g/mol. The summed E-state index contributed by atoms with van der Waals surface area (Å²) < 4.78 is 32.3. The Morgan fingerprint density at radius 3 is 1.22 bits per heavy atom. The summed E-state index contributed by atoms with van der Waals surface area (Å²) in [6, 6.07) is 12.2. The van der Waals surface area contributed by atoms with Gasteiger partial charge < -0.3 is 38.3 Å². The number of furan rings is 1. The van der Waals surface area contributed by atoms with Gasteiger partial charge in [-0.1, -0.05) is 133 Å². The molecule has 520 valence electrons. The van der Waals surface area contributed by atoms with Gasteiger partial charge in [0.15, 0.2) is 6.10 Å². The third kappa shape index (κ3) is 23.6. The van der Waals surface area contributed by atoms with E-state index in [1.54, 1.807) is 55.7 Å². The zero-order valence-electron chi connectivity index (χ0n) is 58.8. The van der Waals surface area contributed by atoms with Crippen LogP contribution in [-0.2, 0) is 23.7 Å². The molecule has 0 fully saturated rings. The van der Waals surface area contributed by atoms with Gasteiger partial charge in [-0.25, -0.2) is 24.0 Å². The highest BCUT2D eigenvalue weighted by Crippen LogP contribution is 2.37. The minimum absolute atomic E-state index is 0.0242. The fourth-order valence-electron chi connectivity index (χ4n) is 10.1. The minimum Gasteiger partial charge on any atom is -0.507 e. The van der Waals surface area contributed by atoms with E-state index in [0.717, 1.165) is 72.8 Å². The van der Waals surface area contributed by atoms with E-state index in [9.17, 15) is 34.2 Å². The van der Waals surface area contributed by atoms with Crippen molar-refractivity contribution in [3.8, 4) is 11.5 Å². The first kappa shape index (κ1) is 84.6. The zero-order chi connectivity index (χ0) is 73.3. The normalized spacial score (nSPS) is 12.1. The summed E-state index contributed by atoms with van der Waals surface area (Å²) in [5.74, 6) is -1.69. The number of phenolic OH excluding ortho intramolecular Hbond substituents is 2. The molecular weight excluding hydrogens is 1320 g/mol. The summed E-state index contributed by atoms with van der Waals surface area (Å²) in [7, 11) is 0. The summed E-state index contributed by atoms with van der Waals surface area (Å²) >= 11 is 30.6. The SMILES string of the molecule is C=CCCOC(=O)c1c(C)cc(C)c(Cl)c1C.C=CC[C@@H](C)OC(=O)c1c(O)cc(O)c(Cl)c1C.C=CC[C@H](OC(=O)c1c(C)cc(C)c(Cl)c1C)C(C)C.C=CC[C@H](OC(=O)c1c(C)cc(C)c(Cl)c1C)c1ccco1.C=C[C@H](C)[C@@H](C)OC(=O)c1c(C)cc(C)c(Cl)c1C. The summed E-state index contributed by atoms with van der Waals surface area (Å²) in [6.07, 6.45) is 11.3. The van der Waals surface area contributed by atoms with E-state index in [0.29, 0.717) is 80.4 Å². The quantitative estimate of drug-likeness (QED) is 0.0283. The Labute approximate surface area is 594 Å². The molecule has 5 aromatic carbocycles. The molecule has 0 aliphatic rings. The zero-order valence-corrected chi connectivity index (χ0v) is 62.6. The van der Waals surface area contributed by atoms with E-state index in [1.807, 2.05) is 135 Å². The second-order valence-electron chi connectivity index (χ2n) is 23.8. The molecule has 0 radical (unpaired) electrons. The summed E-state index contributed by atoms with van der Waals surface area (Å²) in [5.41, 5.74) is 13.0. The molecule has 6 rings (SSSR count). The number of aromatic hydroxyl groups is 2. The summed E-state index contributed by atoms with van der Waals surface area (Å²) in [5, 5.41) is 21.6. The van der Waals surface area contributed by atoms with E-state index in [2.05, 4.69) is 32.9 Å². The highest BCUT2D eigenvalue weighted by molar-refractivity contribution is 6.34. The number of hydrogen-bond acceptors (Lipinski definition) is 13. The number of aryl methyl sites for hydroxylation is 8. The number of halogens is 5. The molecule has 1 heterocycles. The lowest BCUT2D eigenvalue weighted by Crippen LogP contribution is -2.24. The van der Waals surface area contributed by atoms with Crippen LogP contribution in [0.1, 0.15) is 196 Å². The van der Waals surface area contributed by atoms with E-state index in [-0.39, 0.29) is 75.7 Å². The van der Waals surface area contributed by atoms with Crippen LogP contribution in [0.15, 0.2) is 116 Å². The molecule has 0 saturated heterocycles. The lowest BCUT2D eigenvalue weighted by Gasteiger charge is -2.21. The molecule has 2 N–H and O–H groups in total. The first-order chi connectivity index (χ1) is 44.9. The van der Waals surface area contributed by atoms with Crippen LogP contribution in [0, 0.1) is 102 Å². The van der Waals surface area contributed by atoms with Gasteiger partial charge in [0.05, 0.1) is 40.1 Å². The van der Waals surface area contributed by atoms with Crippen molar-refractivity contribution in [2.24, 2.45) is 11.8 Å². The smallest absolute Gasteiger partial charge is 0.342 e. The van der Waals surface area contributed by atoms with Crippen molar-refractivity contribution in [2.45, 2.75) is 175 Å². The fourth-order valence-corrected chi connectivity index (χ4v) is 10.9. The van der Waals surface area contributed by atoms with Crippen molar-refractivity contribution in [3.63, 3.8) is 0 Å². The fraction of sp³-hybridized carbons (Fsp3) is 0.372. The van der Waals surface area contributed by atoms with Crippen LogP contribution >= 0.6 is 58.0 Å². The van der Waals surface area contributed by atoms with Crippen LogP contribution < -0.4 is 0 Å². The number of carbonyl (C=O) groups excluding carboxylic acids is 5. The molecule has 13 nitrogen and oxygen atoms in total. The van der Waals surface area contributed by atoms with Gasteiger partial charge in [0.25, 0.3) is 0 Å². The Kier molecular flexibility index (Phi) is 35.5. The van der Waals surface area contributed by atoms with Crippen LogP contribution in [0.3, 0.4) is 0 Å². The Hall–Kier alpha value is -7.52. The topological polar surface area (TPSA) is 185 Å². The number of phenols is 2. The molecule has 1 aromatic heterocycles. The molecular formula is C78H95Cl5O13. The summed E-state index contributed by atoms with van der Waals surface area (Å²) in [4.78, 5) is 61.1. The predicted octanol–water partition coefficient (Wildman–Crippen LogP) is 22.2. The van der Waals surface area contributed by atoms with Crippen LogP contribution in [-0.4, -0.2) is 65.0 Å². The van der Waals surface area contributed by atoms with Crippen molar-refractivity contribution in [1.29, 1.82) is 0 Å². The van der Waals surface area contributed by atoms with Crippen LogP contribution in [0.5, 0.6) is 11.5 Å². The number of esters is 5. The van der Waals surface area contributed by atoms with Gasteiger partial charge in [-0.15, -0.1) is 32.9 Å². The third-order valence-corrected chi connectivity index (χ3v) is 18.5. The first-order valence-corrected chi connectivity index (χ1v) is 33.2. The van der Waals surface area contributed by atoms with Crippen molar-refractivity contribution < 1.29 is 62.3 Å². The molecule has 0 amide bonds. The number of rotatable bonds is 22. The molecule has 5 atom stereocenters. The molecule has 96 heavy (non-hydrogen) atoms. The molecule has 0 bridgehead atoms. The Bertz CT molecular complexity index is 3770. The van der Waals surface area contributed by atoms with Crippen LogP contribution in [0.4, 0.5) is 0 Å². The Morgan fingerprint density at radius 1 is 0.458 bits per heavy atom. The van der Waals surface area contributed by atoms with E-state index >= 15 is 0 Å². The third-order valence-electron chi connectivity index (χ3n) is 15.6. The number of benzene rings is 5. The standard InChI is InChI=1S/C18H19ClO3.C17H23ClO2.C16H21ClO2.C14H17ClO2.C13H15ClO4/c1-5-7-15(14-8-6-9-21-14)22-18(20)16-11(2)10-12(3)17(19)13(16)4;1-7-8-14(10(2)3)20-17(19)15-11(4)9-12(5)16(18)13(15)6;1-7-9(2)13(6)19-16(18)14-10(3)8-11(4)15(17)12(14)5;1-5-6-7-17-14(16)12-9(2)8-10(3)13(15)11(12)4;1-4-5-7(2)18-13(17)11-8(3)12(14)10(16)6-9(11)15/h5-6,8-10,15H,1,7H2,2-4H3;7,9-10,14H,1,8H2,2-6H3;7-9,13H,1H2,2-6H3;5,8H,1,6-7H2,2-4H3;4,6-7,15-16H,1,5H2,2-3H3/t15-;14-;9-,13+;;7-/m000.1/s1. The lowest BCUT2D eigenvalue weighted by atomic mass is 9.99. The molecule has 0 aliphatic heterocycles. The number of hydrogen-bond donors (Lipinski definition) is 2. The van der Waals surface area contributed by atoms with E-state index in [1.165, 1.54) is 6.92 Å². The van der Waals surface area contributed by atoms with Gasteiger partial charge in [0.1, 0.15) is 41.1 Å². The molecule has 6 aromatic rings. The summed E-state index contributed by atoms with van der Waals surface area (Å²) in [6.45, 7) is 52.4. The maximum atomic E-state index is 12.6. The predicted molar refractivity (Wildman–Crippen MR) is 392 cm³/mol. The Morgan fingerprint density at radius 2 is 0.844 bits per heavy atom. The van der Waals surface area contributed by atoms with Crippen molar-refractivity contribution >= 4 is 87.9 Å². The van der Waals surface area contributed by atoms with Gasteiger partial charge in [-0.3, -0.25) is 0 Å². The van der Waals surface area contributed by atoms with Crippen LogP contribution in [0.25, 0.3) is 0 Å². The Balaban J connectivity index is 0.000000410. The highest BCUT2D eigenvalue weighted by Gasteiger charge is 2.27. The molecule has 18 heteroatoms. The molecule has 0 spiro atoms. The number of carbonyl (C=O) groups is 5. The second kappa shape index (κ2) is 40.3. The molecule has 0 unspecified atom stereocenters. The lowest BCUT2D eigenvalue weighted by molar-refractivity contribution is 0.0189. The molecule has 0 aliphatic carbocycles. The van der Waals surface area contributed by atoms with Gasteiger partial charge >= 0.3 is 29.8 Å². The second-order valence-corrected chi connectivity index (χ2v) is 25.7. The van der Waals surface area contributed by atoms with E-state index in [4.69, 9.17) is 86.1 Å². The highest BCUT2D eigenvalue weighted by atomic mass is 35.5. The average Bonchev–Trinajstić information content (AvgIpc) is 0.856. The van der Waals surface area contributed by atoms with Gasteiger partial charge in [-0.2, -0.15) is 0 Å². The van der Waals surface area contributed by atoms with Crippen molar-refractivity contribution in [2.75, 3.05) is 6.61 Å². The largest absolute Gasteiger partial charge is 0.507 e. The molecule has 0 saturated carbocycles. The van der Waals surface area contributed by atoms with E-state index < -0.39 is 18.0 Å². The maximum Gasteiger partial charge on any atom is 0.342 e. The average molecular weight is 1420 g/mol. The maximum absolute atomic E-state index is 12.6.